The lowest BCUT2D eigenvalue weighted by atomic mass is 10.0. The summed E-state index contributed by atoms with van der Waals surface area (Å²) in [6.45, 7) is 0.253. The molecule has 1 aliphatic carbocycles. The molecule has 0 bridgehead atoms. The molecule has 1 heterocycles. The number of hydrogen-bond donors (Lipinski definition) is 4. The fraction of sp³-hybridized carbons (Fsp3) is 0.350. The molecule has 2 aromatic carbocycles. The normalized spacial score (nSPS) is 18.4. The first-order valence-electron chi connectivity index (χ1n) is 8.82. The van der Waals surface area contributed by atoms with Crippen molar-refractivity contribution in [3.05, 3.63) is 53.6 Å². The number of carbonyl (C=O) groups excluding carboxylic acids is 1. The molecule has 0 radical (unpaired) electrons. The Bertz CT molecular complexity index is 818. The summed E-state index contributed by atoms with van der Waals surface area (Å²) in [5.41, 5.74) is 2.10. The van der Waals surface area contributed by atoms with Crippen LogP contribution in [-0.4, -0.2) is 34.8 Å². The van der Waals surface area contributed by atoms with Crippen LogP contribution in [0.5, 0.6) is 11.5 Å². The van der Waals surface area contributed by atoms with Crippen molar-refractivity contribution in [2.45, 2.75) is 30.9 Å². The topological polar surface area (TPSA) is 90.8 Å². The molecule has 1 aliphatic heterocycles. The highest BCUT2D eigenvalue weighted by atomic mass is 16.5. The van der Waals surface area contributed by atoms with Gasteiger partial charge in [-0.15, -0.1) is 0 Å². The lowest BCUT2D eigenvalue weighted by Gasteiger charge is -2.25. The Hall–Kier alpha value is -2.57. The Kier molecular flexibility index (Phi) is 4.30. The molecule has 6 heteroatoms. The third-order valence-electron chi connectivity index (χ3n) is 5.05. The lowest BCUT2D eigenvalue weighted by molar-refractivity contribution is -0.118. The van der Waals surface area contributed by atoms with Crippen molar-refractivity contribution in [2.24, 2.45) is 0 Å². The van der Waals surface area contributed by atoms with Gasteiger partial charge in [-0.05, 0) is 37.0 Å². The Labute approximate surface area is 151 Å². The highest BCUT2D eigenvalue weighted by molar-refractivity contribution is 5.97. The van der Waals surface area contributed by atoms with Crippen LogP contribution in [0.15, 0.2) is 42.5 Å². The summed E-state index contributed by atoms with van der Waals surface area (Å²) in [6.07, 6.45) is 2.29. The van der Waals surface area contributed by atoms with Gasteiger partial charge in [0, 0.05) is 17.6 Å². The van der Waals surface area contributed by atoms with E-state index in [0.717, 1.165) is 19.3 Å². The first kappa shape index (κ1) is 16.9. The summed E-state index contributed by atoms with van der Waals surface area (Å²) >= 11 is 0. The number of aliphatic hydroxyl groups is 1. The average Bonchev–Trinajstić information content (AvgIpc) is 3.41. The van der Waals surface area contributed by atoms with Gasteiger partial charge in [0.2, 0.25) is 0 Å². The number of rotatable bonds is 6. The number of hydrogen-bond acceptors (Lipinski definition) is 5. The van der Waals surface area contributed by atoms with E-state index in [2.05, 4.69) is 22.8 Å². The van der Waals surface area contributed by atoms with Gasteiger partial charge in [-0.25, -0.2) is 0 Å². The molecule has 1 amide bonds. The summed E-state index contributed by atoms with van der Waals surface area (Å²) in [7, 11) is 0. The first-order chi connectivity index (χ1) is 12.6. The van der Waals surface area contributed by atoms with Crippen molar-refractivity contribution in [1.82, 2.24) is 5.32 Å². The molecule has 1 saturated carbocycles. The second-order valence-corrected chi connectivity index (χ2v) is 7.05. The SMILES string of the molecule is O=C1COc2c(C(O)CNC3(Cc4ccccc4)CC3)ccc(O)c2N1. The van der Waals surface area contributed by atoms with Crippen LogP contribution in [-0.2, 0) is 11.2 Å². The fourth-order valence-corrected chi connectivity index (χ4v) is 3.42. The third-order valence-corrected chi connectivity index (χ3v) is 5.05. The molecule has 2 aliphatic rings. The van der Waals surface area contributed by atoms with Gasteiger partial charge in [-0.1, -0.05) is 30.3 Å². The van der Waals surface area contributed by atoms with Gasteiger partial charge in [0.25, 0.3) is 5.91 Å². The predicted octanol–water partition coefficient (Wildman–Crippen LogP) is 2.12. The Morgan fingerprint density at radius 2 is 1.96 bits per heavy atom. The number of anilines is 1. The van der Waals surface area contributed by atoms with E-state index in [-0.39, 0.29) is 29.5 Å². The van der Waals surface area contributed by atoms with Crippen LogP contribution in [0.3, 0.4) is 0 Å². The van der Waals surface area contributed by atoms with E-state index in [4.69, 9.17) is 4.74 Å². The van der Waals surface area contributed by atoms with Crippen molar-refractivity contribution < 1.29 is 19.7 Å². The van der Waals surface area contributed by atoms with E-state index < -0.39 is 6.10 Å². The summed E-state index contributed by atoms with van der Waals surface area (Å²) < 4.78 is 5.45. The van der Waals surface area contributed by atoms with Crippen LogP contribution in [0.25, 0.3) is 0 Å². The van der Waals surface area contributed by atoms with E-state index in [1.165, 1.54) is 11.6 Å². The predicted molar refractivity (Wildman–Crippen MR) is 97.3 cm³/mol. The van der Waals surface area contributed by atoms with Gasteiger partial charge < -0.3 is 25.6 Å². The van der Waals surface area contributed by atoms with Gasteiger partial charge in [-0.2, -0.15) is 0 Å². The highest BCUT2D eigenvalue weighted by Crippen LogP contribution is 2.42. The second kappa shape index (κ2) is 6.63. The molecule has 0 aromatic heterocycles. The van der Waals surface area contributed by atoms with Gasteiger partial charge in [0.05, 0.1) is 6.10 Å². The minimum absolute atomic E-state index is 0.0361. The van der Waals surface area contributed by atoms with Crippen molar-refractivity contribution in [3.63, 3.8) is 0 Å². The van der Waals surface area contributed by atoms with Gasteiger partial charge in [0.15, 0.2) is 12.4 Å². The number of ether oxygens (including phenoxy) is 1. The number of amides is 1. The first-order valence-corrected chi connectivity index (χ1v) is 8.82. The van der Waals surface area contributed by atoms with Crippen LogP contribution in [0.2, 0.25) is 0 Å². The lowest BCUT2D eigenvalue weighted by Crippen LogP contribution is -2.37. The van der Waals surface area contributed by atoms with Crippen LogP contribution in [0.1, 0.15) is 30.1 Å². The monoisotopic (exact) mass is 354 g/mol. The number of β-amino-alcohol motifs (C(OH)–C–C–N with tert-alkyl or cyclic N) is 1. The maximum Gasteiger partial charge on any atom is 0.262 e. The Morgan fingerprint density at radius 1 is 1.19 bits per heavy atom. The highest BCUT2D eigenvalue weighted by Gasteiger charge is 2.42. The van der Waals surface area contributed by atoms with Crippen LogP contribution >= 0.6 is 0 Å². The van der Waals surface area contributed by atoms with Gasteiger partial charge in [-0.3, -0.25) is 4.79 Å². The number of fused-ring (bicyclic) bond motifs is 1. The van der Waals surface area contributed by atoms with E-state index >= 15 is 0 Å². The van der Waals surface area contributed by atoms with Crippen LogP contribution in [0, 0.1) is 0 Å². The summed E-state index contributed by atoms with van der Waals surface area (Å²) in [6, 6.07) is 13.4. The van der Waals surface area contributed by atoms with Crippen molar-refractivity contribution in [1.29, 1.82) is 0 Å². The number of phenols is 1. The standard InChI is InChI=1S/C20H22N2O4/c23-15-7-6-14(19-18(15)22-17(25)12-26-19)16(24)11-21-20(8-9-20)10-13-4-2-1-3-5-13/h1-7,16,21,23-24H,8-12H2,(H,22,25). The molecule has 1 unspecified atom stereocenters. The number of carbonyl (C=O) groups is 1. The van der Waals surface area contributed by atoms with Gasteiger partial charge in [0.1, 0.15) is 11.4 Å². The molecular weight excluding hydrogens is 332 g/mol. The number of benzene rings is 2. The number of aliphatic hydroxyl groups excluding tert-OH is 1. The summed E-state index contributed by atoms with van der Waals surface area (Å²) in [5.74, 6) is -0.0520. The third kappa shape index (κ3) is 3.38. The molecule has 136 valence electrons. The van der Waals surface area contributed by atoms with E-state index in [1.807, 2.05) is 18.2 Å². The smallest absolute Gasteiger partial charge is 0.262 e. The van der Waals surface area contributed by atoms with E-state index in [1.54, 1.807) is 6.07 Å². The zero-order valence-corrected chi connectivity index (χ0v) is 14.4. The van der Waals surface area contributed by atoms with Crippen molar-refractivity contribution >= 4 is 11.6 Å². The second-order valence-electron chi connectivity index (χ2n) is 7.05. The zero-order valence-electron chi connectivity index (χ0n) is 14.4. The maximum atomic E-state index is 11.5. The van der Waals surface area contributed by atoms with Crippen molar-refractivity contribution in [2.75, 3.05) is 18.5 Å². The quantitative estimate of drug-likeness (QED) is 0.597. The molecule has 0 saturated heterocycles. The molecule has 6 nitrogen and oxygen atoms in total. The minimum Gasteiger partial charge on any atom is -0.506 e. The number of phenolic OH excluding ortho intramolecular Hbond substituents is 1. The number of aromatic hydroxyl groups is 1. The fourth-order valence-electron chi connectivity index (χ4n) is 3.42. The molecule has 26 heavy (non-hydrogen) atoms. The molecule has 4 N–H and O–H groups in total. The van der Waals surface area contributed by atoms with Crippen LogP contribution in [0.4, 0.5) is 5.69 Å². The minimum atomic E-state index is -0.799. The average molecular weight is 354 g/mol. The molecule has 1 fully saturated rings. The Morgan fingerprint density at radius 3 is 2.69 bits per heavy atom. The van der Waals surface area contributed by atoms with Gasteiger partial charge >= 0.3 is 0 Å². The largest absolute Gasteiger partial charge is 0.506 e. The Balaban J connectivity index is 1.45. The van der Waals surface area contributed by atoms with E-state index in [0.29, 0.717) is 17.9 Å². The molecule has 1 atom stereocenters. The van der Waals surface area contributed by atoms with Crippen molar-refractivity contribution in [3.8, 4) is 11.5 Å². The molecular formula is C20H22N2O4. The van der Waals surface area contributed by atoms with Crippen LogP contribution < -0.4 is 15.4 Å². The maximum absolute atomic E-state index is 11.5. The molecule has 2 aromatic rings. The van der Waals surface area contributed by atoms with E-state index in [9.17, 15) is 15.0 Å². The summed E-state index contributed by atoms with van der Waals surface area (Å²) in [5, 5.41) is 26.7. The number of nitrogens with one attached hydrogen (secondary N) is 2. The summed E-state index contributed by atoms with van der Waals surface area (Å²) in [4.78, 5) is 11.5. The zero-order chi connectivity index (χ0) is 18.1. The molecule has 0 spiro atoms. The molecule has 4 rings (SSSR count).